The van der Waals surface area contributed by atoms with Crippen LogP contribution < -0.4 is 0 Å². The van der Waals surface area contributed by atoms with Crippen LogP contribution >= 0.6 is 15.9 Å². The van der Waals surface area contributed by atoms with Gasteiger partial charge in [-0.05, 0) is 61.8 Å². The third-order valence-corrected chi connectivity index (χ3v) is 6.03. The Bertz CT molecular complexity index is 709. The second-order valence-electron chi connectivity index (χ2n) is 7.29. The maximum absolute atomic E-state index is 10.7. The number of hydrogen-bond acceptors (Lipinski definition) is 2. The molecule has 0 heterocycles. The van der Waals surface area contributed by atoms with Gasteiger partial charge in [-0.1, -0.05) is 60.8 Å². The molecule has 1 aromatic rings. The summed E-state index contributed by atoms with van der Waals surface area (Å²) < 4.78 is 0.978. The van der Waals surface area contributed by atoms with Crippen LogP contribution in [0.5, 0.6) is 11.5 Å². The maximum Gasteiger partial charge on any atom is 0.123 e. The first-order chi connectivity index (χ1) is 12.4. The first-order valence-electron chi connectivity index (χ1n) is 9.66. The highest BCUT2D eigenvalue weighted by Crippen LogP contribution is 2.47. The van der Waals surface area contributed by atoms with E-state index in [-0.39, 0.29) is 17.4 Å². The van der Waals surface area contributed by atoms with Crippen LogP contribution in [-0.2, 0) is 6.42 Å². The van der Waals surface area contributed by atoms with Gasteiger partial charge in [-0.3, -0.25) is 0 Å². The molecule has 0 spiro atoms. The van der Waals surface area contributed by atoms with E-state index in [4.69, 9.17) is 0 Å². The minimum atomic E-state index is 0.145. The molecule has 0 saturated carbocycles. The van der Waals surface area contributed by atoms with Crippen LogP contribution in [0.15, 0.2) is 46.5 Å². The lowest BCUT2D eigenvalue weighted by Crippen LogP contribution is -2.16. The summed E-state index contributed by atoms with van der Waals surface area (Å²) in [5, 5.41) is 20.7. The van der Waals surface area contributed by atoms with Crippen molar-refractivity contribution >= 4 is 15.9 Å². The summed E-state index contributed by atoms with van der Waals surface area (Å²) in [7, 11) is 0. The van der Waals surface area contributed by atoms with Gasteiger partial charge in [-0.15, -0.1) is 0 Å². The number of phenols is 2. The Labute approximate surface area is 166 Å². The fourth-order valence-corrected chi connectivity index (χ4v) is 4.63. The van der Waals surface area contributed by atoms with E-state index in [0.717, 1.165) is 54.1 Å². The molecule has 1 aliphatic rings. The number of halogens is 1. The molecule has 26 heavy (non-hydrogen) atoms. The van der Waals surface area contributed by atoms with Crippen LogP contribution in [0.4, 0.5) is 0 Å². The number of hydrogen-bond donors (Lipinski definition) is 2. The van der Waals surface area contributed by atoms with Crippen LogP contribution in [0.3, 0.4) is 0 Å². The summed E-state index contributed by atoms with van der Waals surface area (Å²) >= 11 is 3.56. The summed E-state index contributed by atoms with van der Waals surface area (Å²) in [6.45, 7) is 10.5. The number of allylic oxidation sites excluding steroid dienone is 5. The topological polar surface area (TPSA) is 40.5 Å². The number of fused-ring (bicyclic) bond motifs is 1. The summed E-state index contributed by atoms with van der Waals surface area (Å²) in [4.78, 5) is 0. The Morgan fingerprint density at radius 2 is 1.88 bits per heavy atom. The number of aromatic hydroxyl groups is 2. The van der Waals surface area contributed by atoms with Crippen molar-refractivity contribution in [1.29, 1.82) is 0 Å². The third-order valence-electron chi connectivity index (χ3n) is 5.47. The molecule has 0 saturated heterocycles. The van der Waals surface area contributed by atoms with E-state index in [0.29, 0.717) is 5.92 Å². The molecule has 2 rings (SSSR count). The molecule has 0 aromatic heterocycles. The molecule has 2 nitrogen and oxygen atoms in total. The molecule has 142 valence electrons. The van der Waals surface area contributed by atoms with Crippen molar-refractivity contribution in [3.8, 4) is 11.5 Å². The highest BCUT2D eigenvalue weighted by molar-refractivity contribution is 9.11. The van der Waals surface area contributed by atoms with Crippen molar-refractivity contribution in [2.45, 2.75) is 65.2 Å². The van der Waals surface area contributed by atoms with Crippen LogP contribution in [0.25, 0.3) is 0 Å². The zero-order valence-corrected chi connectivity index (χ0v) is 17.8. The normalized spacial score (nSPS) is 18.0. The van der Waals surface area contributed by atoms with E-state index >= 15 is 0 Å². The highest BCUT2D eigenvalue weighted by atomic mass is 79.9. The standard InChI is InChI=1S/C23H31BrO2/c1-5-8-16(9-6-2)22-15(4)17(12-19(24)7-3)10-11-18-13-20(25)14-21(26)23(18)22/h7,12-14,16,22,25-26H,3,5-6,8-11H2,1-2,4H3/b19-12+. The molecule has 0 amide bonds. The quantitative estimate of drug-likeness (QED) is 0.462. The van der Waals surface area contributed by atoms with Gasteiger partial charge in [0.15, 0.2) is 0 Å². The smallest absolute Gasteiger partial charge is 0.123 e. The molecule has 1 aliphatic carbocycles. The number of benzene rings is 1. The highest BCUT2D eigenvalue weighted by Gasteiger charge is 2.31. The van der Waals surface area contributed by atoms with E-state index < -0.39 is 0 Å². The van der Waals surface area contributed by atoms with Crippen molar-refractivity contribution in [3.63, 3.8) is 0 Å². The van der Waals surface area contributed by atoms with E-state index in [1.807, 2.05) is 12.1 Å². The van der Waals surface area contributed by atoms with Gasteiger partial charge in [-0.2, -0.15) is 0 Å². The number of rotatable bonds is 7. The SMILES string of the molecule is C=C/C(Br)=C\C1=C(C)C(C(CCC)CCC)c2c(O)cc(O)cc2CC1. The number of phenolic OH excluding ortho intramolecular Hbond substituents is 2. The van der Waals surface area contributed by atoms with Crippen LogP contribution in [0.1, 0.15) is 69.9 Å². The summed E-state index contributed by atoms with van der Waals surface area (Å²) in [6, 6.07) is 3.33. The lowest BCUT2D eigenvalue weighted by atomic mass is 9.74. The Morgan fingerprint density at radius 3 is 2.46 bits per heavy atom. The third kappa shape index (κ3) is 4.62. The molecule has 1 atom stereocenters. The molecule has 0 bridgehead atoms. The molecular weight excluding hydrogens is 388 g/mol. The maximum atomic E-state index is 10.7. The molecule has 1 aromatic carbocycles. The fourth-order valence-electron chi connectivity index (χ4n) is 4.35. The van der Waals surface area contributed by atoms with Gasteiger partial charge in [0.05, 0.1) is 0 Å². The van der Waals surface area contributed by atoms with E-state index in [1.54, 1.807) is 0 Å². The molecule has 0 radical (unpaired) electrons. The predicted molar refractivity (Wildman–Crippen MR) is 114 cm³/mol. The summed E-state index contributed by atoms with van der Waals surface area (Å²) in [5.74, 6) is 1.05. The fraction of sp³-hybridized carbons (Fsp3) is 0.478. The Kier molecular flexibility index (Phi) is 7.57. The zero-order valence-electron chi connectivity index (χ0n) is 16.2. The van der Waals surface area contributed by atoms with Crippen LogP contribution in [0, 0.1) is 5.92 Å². The average Bonchev–Trinajstić information content (AvgIpc) is 2.72. The van der Waals surface area contributed by atoms with Gasteiger partial charge >= 0.3 is 0 Å². The lowest BCUT2D eigenvalue weighted by molar-refractivity contribution is 0.375. The molecule has 3 heteroatoms. The minimum Gasteiger partial charge on any atom is -0.508 e. The average molecular weight is 419 g/mol. The Balaban J connectivity index is 2.67. The second-order valence-corrected chi connectivity index (χ2v) is 8.21. The predicted octanol–water partition coefficient (Wildman–Crippen LogP) is 7.13. The van der Waals surface area contributed by atoms with Crippen molar-refractivity contribution < 1.29 is 10.2 Å². The van der Waals surface area contributed by atoms with Gasteiger partial charge in [0.1, 0.15) is 11.5 Å². The first kappa shape index (κ1) is 20.8. The summed E-state index contributed by atoms with van der Waals surface area (Å²) in [5.41, 5.74) is 4.72. The van der Waals surface area contributed by atoms with Crippen molar-refractivity contribution in [3.05, 3.63) is 57.6 Å². The van der Waals surface area contributed by atoms with Gasteiger partial charge in [0.2, 0.25) is 0 Å². The summed E-state index contributed by atoms with van der Waals surface area (Å²) in [6.07, 6.45) is 10.2. The molecular formula is C23H31BrO2. The monoisotopic (exact) mass is 418 g/mol. The second kappa shape index (κ2) is 9.45. The van der Waals surface area contributed by atoms with Gasteiger partial charge < -0.3 is 10.2 Å². The van der Waals surface area contributed by atoms with Crippen molar-refractivity contribution in [2.24, 2.45) is 5.92 Å². The zero-order chi connectivity index (χ0) is 19.3. The van der Waals surface area contributed by atoms with Gasteiger partial charge in [0, 0.05) is 22.0 Å². The van der Waals surface area contributed by atoms with Crippen molar-refractivity contribution in [2.75, 3.05) is 0 Å². The Hall–Kier alpha value is -1.48. The lowest BCUT2D eigenvalue weighted by Gasteiger charge is -2.30. The molecule has 1 unspecified atom stereocenters. The molecule has 2 N–H and O–H groups in total. The number of aryl methyl sites for hydroxylation is 1. The molecule has 0 aliphatic heterocycles. The largest absolute Gasteiger partial charge is 0.508 e. The van der Waals surface area contributed by atoms with Crippen molar-refractivity contribution in [1.82, 2.24) is 0 Å². The molecule has 0 fully saturated rings. The van der Waals surface area contributed by atoms with E-state index in [9.17, 15) is 10.2 Å². The van der Waals surface area contributed by atoms with E-state index in [2.05, 4.69) is 49.4 Å². The first-order valence-corrected chi connectivity index (χ1v) is 10.5. The van der Waals surface area contributed by atoms with Crippen LogP contribution in [0.2, 0.25) is 0 Å². The van der Waals surface area contributed by atoms with Gasteiger partial charge in [-0.25, -0.2) is 0 Å². The minimum absolute atomic E-state index is 0.145. The van der Waals surface area contributed by atoms with Gasteiger partial charge in [0.25, 0.3) is 0 Å². The Morgan fingerprint density at radius 1 is 1.23 bits per heavy atom. The van der Waals surface area contributed by atoms with Crippen LogP contribution in [-0.4, -0.2) is 10.2 Å². The van der Waals surface area contributed by atoms with E-state index in [1.165, 1.54) is 17.2 Å².